The van der Waals surface area contributed by atoms with E-state index in [1.165, 1.54) is 4.88 Å². The molecule has 0 unspecified atom stereocenters. The minimum atomic E-state index is 0.0799. The summed E-state index contributed by atoms with van der Waals surface area (Å²) in [4.78, 5) is 25.0. The summed E-state index contributed by atoms with van der Waals surface area (Å²) in [5.41, 5.74) is 0.956. The van der Waals surface area contributed by atoms with Gasteiger partial charge in [-0.25, -0.2) is 9.97 Å². The molecule has 1 amide bonds. The van der Waals surface area contributed by atoms with Gasteiger partial charge in [0.15, 0.2) is 0 Å². The first-order valence-electron chi connectivity index (χ1n) is 8.43. The fourth-order valence-electron chi connectivity index (χ4n) is 3.37. The number of thiophene rings is 1. The van der Waals surface area contributed by atoms with Crippen LogP contribution in [0, 0.1) is 0 Å². The summed E-state index contributed by atoms with van der Waals surface area (Å²) in [6.07, 6.45) is 10.2. The van der Waals surface area contributed by atoms with Crippen LogP contribution in [0.1, 0.15) is 42.3 Å². The molecule has 3 aromatic heterocycles. The Hall–Kier alpha value is -2.21. The van der Waals surface area contributed by atoms with Gasteiger partial charge in [-0.2, -0.15) is 0 Å². The van der Waals surface area contributed by atoms with Gasteiger partial charge in [0.1, 0.15) is 0 Å². The highest BCUT2D eigenvalue weighted by atomic mass is 32.1. The van der Waals surface area contributed by atoms with Crippen molar-refractivity contribution in [3.63, 3.8) is 0 Å². The van der Waals surface area contributed by atoms with Gasteiger partial charge in [-0.3, -0.25) is 9.20 Å². The first kappa shape index (κ1) is 15.3. The van der Waals surface area contributed by atoms with Crippen molar-refractivity contribution in [3.8, 4) is 0 Å². The number of aromatic nitrogens is 3. The summed E-state index contributed by atoms with van der Waals surface area (Å²) in [5.74, 6) is 0.933. The molecule has 0 bridgehead atoms. The van der Waals surface area contributed by atoms with Crippen LogP contribution >= 0.6 is 11.3 Å². The second kappa shape index (κ2) is 6.73. The standard InChI is InChI=1S/C18H20N4OS/c23-17(7-6-14-4-3-13-24-14)22-10-2-1-5-16(22)15-8-11-21-12-9-19-18(21)20-15/h3-4,8-9,11-13,16H,1-2,5-7,10H2/t16-/m0/s1. The Morgan fingerprint density at radius 2 is 2.25 bits per heavy atom. The topological polar surface area (TPSA) is 50.5 Å². The summed E-state index contributed by atoms with van der Waals surface area (Å²) in [5, 5.41) is 2.06. The van der Waals surface area contributed by atoms with Crippen LogP contribution in [0.15, 0.2) is 42.2 Å². The number of rotatable bonds is 4. The zero-order valence-electron chi connectivity index (χ0n) is 13.5. The number of carbonyl (C=O) groups excluding carboxylic acids is 1. The Morgan fingerprint density at radius 1 is 1.29 bits per heavy atom. The average Bonchev–Trinajstić information content (AvgIpc) is 3.30. The van der Waals surface area contributed by atoms with Crippen molar-refractivity contribution in [1.82, 2.24) is 19.3 Å². The molecule has 3 aromatic rings. The van der Waals surface area contributed by atoms with Gasteiger partial charge < -0.3 is 4.90 Å². The molecule has 1 atom stereocenters. The smallest absolute Gasteiger partial charge is 0.233 e. The predicted molar refractivity (Wildman–Crippen MR) is 93.9 cm³/mol. The van der Waals surface area contributed by atoms with E-state index in [0.717, 1.165) is 37.9 Å². The molecule has 0 saturated carbocycles. The maximum absolute atomic E-state index is 12.8. The van der Waals surface area contributed by atoms with Crippen LogP contribution in [0.25, 0.3) is 5.78 Å². The number of hydrogen-bond donors (Lipinski definition) is 0. The lowest BCUT2D eigenvalue weighted by Crippen LogP contribution is -2.39. The SMILES string of the molecule is O=C(CCc1cccs1)N1CCCC[C@H]1c1ccn2ccnc2n1. The molecule has 0 N–H and O–H groups in total. The number of piperidine rings is 1. The Morgan fingerprint density at radius 3 is 3.12 bits per heavy atom. The van der Waals surface area contributed by atoms with E-state index in [4.69, 9.17) is 0 Å². The summed E-state index contributed by atoms with van der Waals surface area (Å²) in [6, 6.07) is 6.23. The van der Waals surface area contributed by atoms with E-state index in [0.29, 0.717) is 12.2 Å². The van der Waals surface area contributed by atoms with E-state index in [9.17, 15) is 4.79 Å². The molecule has 124 valence electrons. The third-order valence-electron chi connectivity index (χ3n) is 4.61. The van der Waals surface area contributed by atoms with Crippen LogP contribution in [-0.4, -0.2) is 31.7 Å². The normalized spacial score (nSPS) is 18.2. The molecular formula is C18H20N4OS. The van der Waals surface area contributed by atoms with E-state index in [1.54, 1.807) is 17.5 Å². The molecule has 4 rings (SSSR count). The predicted octanol–water partition coefficient (Wildman–Crippen LogP) is 3.48. The lowest BCUT2D eigenvalue weighted by molar-refractivity contribution is -0.135. The zero-order valence-corrected chi connectivity index (χ0v) is 14.3. The highest BCUT2D eigenvalue weighted by Crippen LogP contribution is 2.30. The third kappa shape index (κ3) is 3.06. The van der Waals surface area contributed by atoms with Crippen LogP contribution in [0.5, 0.6) is 0 Å². The van der Waals surface area contributed by atoms with Crippen LogP contribution in [0.2, 0.25) is 0 Å². The Labute approximate surface area is 145 Å². The first-order chi connectivity index (χ1) is 11.8. The van der Waals surface area contributed by atoms with Gasteiger partial charge in [-0.05, 0) is 43.2 Å². The summed E-state index contributed by atoms with van der Waals surface area (Å²) < 4.78 is 1.90. The van der Waals surface area contributed by atoms with Crippen molar-refractivity contribution in [2.75, 3.05) is 6.54 Å². The number of carbonyl (C=O) groups is 1. The van der Waals surface area contributed by atoms with Crippen molar-refractivity contribution < 1.29 is 4.79 Å². The molecule has 0 aliphatic carbocycles. The molecule has 1 saturated heterocycles. The number of aryl methyl sites for hydroxylation is 1. The minimum absolute atomic E-state index is 0.0799. The number of nitrogens with zero attached hydrogens (tertiary/aromatic N) is 4. The summed E-state index contributed by atoms with van der Waals surface area (Å²) in [6.45, 7) is 0.829. The second-order valence-electron chi connectivity index (χ2n) is 6.16. The van der Waals surface area contributed by atoms with Gasteiger partial charge in [-0.15, -0.1) is 11.3 Å². The van der Waals surface area contributed by atoms with Crippen LogP contribution in [0.3, 0.4) is 0 Å². The Kier molecular flexibility index (Phi) is 4.30. The molecule has 1 fully saturated rings. The summed E-state index contributed by atoms with van der Waals surface area (Å²) >= 11 is 1.72. The molecular weight excluding hydrogens is 320 g/mol. The van der Waals surface area contributed by atoms with E-state index in [2.05, 4.69) is 21.4 Å². The van der Waals surface area contributed by atoms with Gasteiger partial charge in [0, 0.05) is 36.4 Å². The molecule has 0 aromatic carbocycles. The van der Waals surface area contributed by atoms with E-state index in [1.807, 2.05) is 33.8 Å². The minimum Gasteiger partial charge on any atom is -0.334 e. The molecule has 0 spiro atoms. The van der Waals surface area contributed by atoms with E-state index in [-0.39, 0.29) is 11.9 Å². The highest BCUT2D eigenvalue weighted by molar-refractivity contribution is 7.09. The molecule has 5 nitrogen and oxygen atoms in total. The van der Waals surface area contributed by atoms with Crippen LogP contribution in [0.4, 0.5) is 0 Å². The third-order valence-corrected chi connectivity index (χ3v) is 5.55. The van der Waals surface area contributed by atoms with E-state index >= 15 is 0 Å². The van der Waals surface area contributed by atoms with Crippen LogP contribution < -0.4 is 0 Å². The van der Waals surface area contributed by atoms with Gasteiger partial charge in [0.05, 0.1) is 11.7 Å². The van der Waals surface area contributed by atoms with Gasteiger partial charge in [0.2, 0.25) is 11.7 Å². The number of fused-ring (bicyclic) bond motifs is 1. The average molecular weight is 340 g/mol. The van der Waals surface area contributed by atoms with Crippen molar-refractivity contribution >= 4 is 23.0 Å². The van der Waals surface area contributed by atoms with Gasteiger partial charge in [0.25, 0.3) is 0 Å². The molecule has 1 aliphatic heterocycles. The van der Waals surface area contributed by atoms with Crippen molar-refractivity contribution in [1.29, 1.82) is 0 Å². The molecule has 1 aliphatic rings. The highest BCUT2D eigenvalue weighted by Gasteiger charge is 2.28. The number of likely N-dealkylation sites (tertiary alicyclic amines) is 1. The van der Waals surface area contributed by atoms with Gasteiger partial charge >= 0.3 is 0 Å². The van der Waals surface area contributed by atoms with E-state index < -0.39 is 0 Å². The van der Waals surface area contributed by atoms with Crippen molar-refractivity contribution in [2.45, 2.75) is 38.1 Å². The lowest BCUT2D eigenvalue weighted by atomic mass is 9.98. The van der Waals surface area contributed by atoms with Crippen molar-refractivity contribution in [3.05, 3.63) is 52.7 Å². The van der Waals surface area contributed by atoms with Gasteiger partial charge in [-0.1, -0.05) is 6.07 Å². The molecule has 6 heteroatoms. The fraction of sp³-hybridized carbons (Fsp3) is 0.389. The van der Waals surface area contributed by atoms with Crippen molar-refractivity contribution in [2.24, 2.45) is 0 Å². The Bertz CT molecular complexity index is 827. The fourth-order valence-corrected chi connectivity index (χ4v) is 4.08. The quantitative estimate of drug-likeness (QED) is 0.731. The second-order valence-corrected chi connectivity index (χ2v) is 7.20. The number of amides is 1. The maximum atomic E-state index is 12.8. The molecule has 24 heavy (non-hydrogen) atoms. The monoisotopic (exact) mass is 340 g/mol. The number of hydrogen-bond acceptors (Lipinski definition) is 4. The Balaban J connectivity index is 1.52. The summed E-state index contributed by atoms with van der Waals surface area (Å²) in [7, 11) is 0. The first-order valence-corrected chi connectivity index (χ1v) is 9.31. The lowest BCUT2D eigenvalue weighted by Gasteiger charge is -2.35. The van der Waals surface area contributed by atoms with Crippen LogP contribution in [-0.2, 0) is 11.2 Å². The molecule has 0 radical (unpaired) electrons. The molecule has 4 heterocycles. The number of imidazole rings is 1. The largest absolute Gasteiger partial charge is 0.334 e. The zero-order chi connectivity index (χ0) is 16.4. The maximum Gasteiger partial charge on any atom is 0.233 e.